The summed E-state index contributed by atoms with van der Waals surface area (Å²) < 4.78 is 2.42. The number of fused-ring (bicyclic) bond motifs is 1. The number of hydrogen-bond donors (Lipinski definition) is 1. The molecule has 2 heterocycles. The lowest BCUT2D eigenvalue weighted by molar-refractivity contribution is -0.160. The van der Waals surface area contributed by atoms with Gasteiger partial charge < -0.3 is 10.0 Å². The topological polar surface area (TPSA) is 96.9 Å². The first-order valence-corrected chi connectivity index (χ1v) is 8.00. The monoisotopic (exact) mass is 332 g/mol. The Bertz CT molecular complexity index is 832. The average molecular weight is 332 g/mol. The molecule has 8 heteroatoms. The van der Waals surface area contributed by atoms with Crippen molar-refractivity contribution in [2.24, 2.45) is 0 Å². The fourth-order valence-electron chi connectivity index (χ4n) is 3.37. The molecule has 0 aromatic carbocycles. The molecule has 1 fully saturated rings. The molecule has 2 aromatic heterocycles. The van der Waals surface area contributed by atoms with E-state index in [9.17, 15) is 19.5 Å². The van der Waals surface area contributed by atoms with Crippen LogP contribution in [0, 0.1) is 0 Å². The van der Waals surface area contributed by atoms with Crippen LogP contribution in [-0.2, 0) is 16.1 Å². The molecule has 24 heavy (non-hydrogen) atoms. The lowest BCUT2D eigenvalue weighted by Gasteiger charge is -2.40. The van der Waals surface area contributed by atoms with Crippen LogP contribution in [0.15, 0.2) is 29.2 Å². The summed E-state index contributed by atoms with van der Waals surface area (Å²) in [5.74, 6) is -1.41. The maximum absolute atomic E-state index is 12.6. The Labute approximate surface area is 138 Å². The molecule has 1 aliphatic rings. The highest BCUT2D eigenvalue weighted by Gasteiger charge is 2.45. The fourth-order valence-corrected chi connectivity index (χ4v) is 3.37. The lowest BCUT2D eigenvalue weighted by atomic mass is 9.80. The maximum atomic E-state index is 12.6. The molecule has 3 rings (SSSR count). The molecule has 1 N–H and O–H groups in total. The average Bonchev–Trinajstić information content (AvgIpc) is 2.91. The number of aromatic nitrogens is 3. The number of rotatable bonds is 4. The summed E-state index contributed by atoms with van der Waals surface area (Å²) in [6, 6.07) is 5.13. The zero-order valence-electron chi connectivity index (χ0n) is 13.5. The van der Waals surface area contributed by atoms with E-state index in [4.69, 9.17) is 0 Å². The number of likely N-dealkylation sites (N-methyl/N-ethyl adjacent to an activating group) is 1. The van der Waals surface area contributed by atoms with Gasteiger partial charge in [-0.2, -0.15) is 0 Å². The quantitative estimate of drug-likeness (QED) is 0.891. The molecular formula is C16H20N4O4. The molecule has 0 unspecified atom stereocenters. The van der Waals surface area contributed by atoms with Crippen molar-refractivity contribution in [3.8, 4) is 0 Å². The first-order valence-electron chi connectivity index (χ1n) is 8.00. The van der Waals surface area contributed by atoms with Crippen LogP contribution in [0.4, 0.5) is 0 Å². The van der Waals surface area contributed by atoms with E-state index in [-0.39, 0.29) is 6.54 Å². The largest absolute Gasteiger partial charge is 0.479 e. The second kappa shape index (κ2) is 6.10. The predicted octanol–water partition coefficient (Wildman–Crippen LogP) is 0.742. The maximum Gasteiger partial charge on any atom is 0.350 e. The third-order valence-electron chi connectivity index (χ3n) is 4.87. The van der Waals surface area contributed by atoms with Crippen molar-refractivity contribution in [2.45, 2.75) is 44.2 Å². The molecule has 1 saturated carbocycles. The highest BCUT2D eigenvalue weighted by Crippen LogP contribution is 2.33. The summed E-state index contributed by atoms with van der Waals surface area (Å²) in [6.45, 7) is -0.272. The van der Waals surface area contributed by atoms with Gasteiger partial charge in [0.2, 0.25) is 5.91 Å². The number of carbonyl (C=O) groups excluding carboxylic acids is 1. The normalized spacial score (nSPS) is 16.9. The Balaban J connectivity index is 1.86. The number of hydrogen-bond acceptors (Lipinski definition) is 4. The summed E-state index contributed by atoms with van der Waals surface area (Å²) in [6.07, 6.45) is 4.98. The van der Waals surface area contributed by atoms with Crippen molar-refractivity contribution < 1.29 is 14.7 Å². The molecule has 0 saturated heterocycles. The van der Waals surface area contributed by atoms with Crippen molar-refractivity contribution in [1.29, 1.82) is 0 Å². The van der Waals surface area contributed by atoms with Gasteiger partial charge in [0.15, 0.2) is 5.65 Å². The molecule has 1 amide bonds. The zero-order chi connectivity index (χ0) is 17.3. The van der Waals surface area contributed by atoms with E-state index in [2.05, 4.69) is 5.10 Å². The number of amides is 1. The number of nitrogens with zero attached hydrogens (tertiary/aromatic N) is 4. The number of pyridine rings is 1. The van der Waals surface area contributed by atoms with Gasteiger partial charge in [0, 0.05) is 13.2 Å². The highest BCUT2D eigenvalue weighted by atomic mass is 16.4. The molecule has 2 aromatic rings. The van der Waals surface area contributed by atoms with E-state index in [1.165, 1.54) is 16.3 Å². The Morgan fingerprint density at radius 3 is 2.62 bits per heavy atom. The predicted molar refractivity (Wildman–Crippen MR) is 85.7 cm³/mol. The SMILES string of the molecule is CN(C(=O)Cn1nc2ccccn2c1=O)C1(C(=O)O)CCCCC1. The summed E-state index contributed by atoms with van der Waals surface area (Å²) in [7, 11) is 1.50. The van der Waals surface area contributed by atoms with Gasteiger partial charge in [-0.3, -0.25) is 9.20 Å². The van der Waals surface area contributed by atoms with Crippen molar-refractivity contribution >= 4 is 17.5 Å². The molecule has 0 bridgehead atoms. The summed E-state index contributed by atoms with van der Waals surface area (Å²) in [5, 5.41) is 13.8. The molecule has 8 nitrogen and oxygen atoms in total. The molecule has 0 spiro atoms. The summed E-state index contributed by atoms with van der Waals surface area (Å²) >= 11 is 0. The van der Waals surface area contributed by atoms with Gasteiger partial charge in [0.05, 0.1) is 0 Å². The Kier molecular flexibility index (Phi) is 4.13. The van der Waals surface area contributed by atoms with Crippen LogP contribution < -0.4 is 5.69 Å². The zero-order valence-corrected chi connectivity index (χ0v) is 13.5. The van der Waals surface area contributed by atoms with Crippen molar-refractivity contribution in [3.05, 3.63) is 34.9 Å². The number of carboxylic acid groups (broad SMARTS) is 1. The number of aliphatic carboxylic acids is 1. The van der Waals surface area contributed by atoms with Crippen LogP contribution in [0.1, 0.15) is 32.1 Å². The molecular weight excluding hydrogens is 312 g/mol. The standard InChI is InChI=1S/C16H20N4O4/c1-18(16(14(22)23)8-4-2-5-9-16)13(21)11-20-15(24)19-10-6-3-7-12(19)17-20/h3,6-7,10H,2,4-5,8-9,11H2,1H3,(H,22,23). The summed E-state index contributed by atoms with van der Waals surface area (Å²) in [4.78, 5) is 37.9. The van der Waals surface area contributed by atoms with E-state index in [0.29, 0.717) is 18.5 Å². The first kappa shape index (κ1) is 16.2. The highest BCUT2D eigenvalue weighted by molar-refractivity contribution is 5.87. The molecule has 0 radical (unpaired) electrons. The minimum Gasteiger partial charge on any atom is -0.479 e. The van der Waals surface area contributed by atoms with Gasteiger partial charge in [-0.05, 0) is 25.0 Å². The van der Waals surface area contributed by atoms with Gasteiger partial charge in [-0.1, -0.05) is 25.3 Å². The smallest absolute Gasteiger partial charge is 0.350 e. The fraction of sp³-hybridized carbons (Fsp3) is 0.500. The molecule has 0 atom stereocenters. The van der Waals surface area contributed by atoms with Crippen LogP contribution >= 0.6 is 0 Å². The van der Waals surface area contributed by atoms with E-state index in [1.807, 2.05) is 0 Å². The van der Waals surface area contributed by atoms with Gasteiger partial charge >= 0.3 is 11.7 Å². The van der Waals surface area contributed by atoms with E-state index >= 15 is 0 Å². The van der Waals surface area contributed by atoms with Crippen LogP contribution in [0.25, 0.3) is 5.65 Å². The van der Waals surface area contributed by atoms with Gasteiger partial charge in [-0.15, -0.1) is 5.10 Å². The van der Waals surface area contributed by atoms with Crippen LogP contribution in [0.3, 0.4) is 0 Å². The number of carboxylic acids is 1. The lowest BCUT2D eigenvalue weighted by Crippen LogP contribution is -2.57. The van der Waals surface area contributed by atoms with Crippen molar-refractivity contribution in [2.75, 3.05) is 7.05 Å². The van der Waals surface area contributed by atoms with Crippen LogP contribution in [0.2, 0.25) is 0 Å². The minimum absolute atomic E-state index is 0.272. The molecule has 1 aliphatic carbocycles. The van der Waals surface area contributed by atoms with Gasteiger partial charge in [0.1, 0.15) is 12.1 Å². The molecule has 0 aliphatic heterocycles. The van der Waals surface area contributed by atoms with Crippen molar-refractivity contribution in [3.63, 3.8) is 0 Å². The van der Waals surface area contributed by atoms with Crippen LogP contribution in [0.5, 0.6) is 0 Å². The Morgan fingerprint density at radius 2 is 2.00 bits per heavy atom. The van der Waals surface area contributed by atoms with Crippen molar-refractivity contribution in [1.82, 2.24) is 19.1 Å². The second-order valence-corrected chi connectivity index (χ2v) is 6.22. The van der Waals surface area contributed by atoms with E-state index < -0.39 is 23.1 Å². The Hall–Kier alpha value is -2.64. The van der Waals surface area contributed by atoms with Gasteiger partial charge in [0.25, 0.3) is 0 Å². The molecule has 128 valence electrons. The first-order chi connectivity index (χ1) is 11.5. The summed E-state index contributed by atoms with van der Waals surface area (Å²) in [5.41, 5.74) is -1.15. The third kappa shape index (κ3) is 2.57. The Morgan fingerprint density at radius 1 is 1.29 bits per heavy atom. The second-order valence-electron chi connectivity index (χ2n) is 6.22. The van der Waals surface area contributed by atoms with E-state index in [0.717, 1.165) is 23.9 Å². The third-order valence-corrected chi connectivity index (χ3v) is 4.87. The number of carbonyl (C=O) groups is 2. The van der Waals surface area contributed by atoms with Gasteiger partial charge in [-0.25, -0.2) is 14.3 Å². The van der Waals surface area contributed by atoms with Crippen LogP contribution in [-0.4, -0.2) is 48.7 Å². The minimum atomic E-state index is -1.18. The van der Waals surface area contributed by atoms with E-state index in [1.54, 1.807) is 24.4 Å².